The van der Waals surface area contributed by atoms with E-state index in [2.05, 4.69) is 34.5 Å². The van der Waals surface area contributed by atoms with Crippen LogP contribution in [0, 0.1) is 0 Å². The van der Waals surface area contributed by atoms with Crippen LogP contribution in [-0.2, 0) is 33.2 Å². The number of morpholine rings is 1. The summed E-state index contributed by atoms with van der Waals surface area (Å²) in [6.07, 6.45) is 0.642. The molecular weight excluding hydrogens is 438 g/mol. The normalized spacial score (nSPS) is 21.3. The number of benzene rings is 2. The molecule has 0 saturated carbocycles. The molecule has 1 atom stereocenters. The highest BCUT2D eigenvalue weighted by atomic mass is 32.2. The van der Waals surface area contributed by atoms with Crippen molar-refractivity contribution in [3.8, 4) is 0 Å². The number of fused-ring (bicyclic) bond motifs is 1. The Morgan fingerprint density at radius 3 is 2.52 bits per heavy atom. The summed E-state index contributed by atoms with van der Waals surface area (Å²) >= 11 is 1.71. The maximum absolute atomic E-state index is 13.0. The zero-order valence-electron chi connectivity index (χ0n) is 18.4. The molecule has 3 aliphatic heterocycles. The summed E-state index contributed by atoms with van der Waals surface area (Å²) < 4.78 is 5.42. The fraction of sp³-hybridized carbons (Fsp3) is 0.400. The van der Waals surface area contributed by atoms with Crippen LogP contribution in [0.15, 0.2) is 47.4 Å². The summed E-state index contributed by atoms with van der Waals surface area (Å²) in [6.45, 7) is 4.92. The molecule has 33 heavy (non-hydrogen) atoms. The summed E-state index contributed by atoms with van der Waals surface area (Å²) in [5.74, 6) is 0.0294. The van der Waals surface area contributed by atoms with Gasteiger partial charge in [-0.25, -0.2) is 0 Å². The first-order valence-electron chi connectivity index (χ1n) is 11.4. The maximum Gasteiger partial charge on any atom is 0.255 e. The van der Waals surface area contributed by atoms with E-state index in [0.29, 0.717) is 18.5 Å². The molecule has 2 fully saturated rings. The molecule has 2 aromatic rings. The number of imide groups is 1. The van der Waals surface area contributed by atoms with Gasteiger partial charge in [-0.3, -0.25) is 24.6 Å². The Morgan fingerprint density at radius 2 is 1.76 bits per heavy atom. The summed E-state index contributed by atoms with van der Waals surface area (Å²) in [7, 11) is 0. The van der Waals surface area contributed by atoms with Crippen LogP contribution in [0.3, 0.4) is 0 Å². The van der Waals surface area contributed by atoms with E-state index in [-0.39, 0.29) is 24.1 Å². The van der Waals surface area contributed by atoms with Gasteiger partial charge in [-0.2, -0.15) is 0 Å². The van der Waals surface area contributed by atoms with Gasteiger partial charge in [-0.15, -0.1) is 11.8 Å². The van der Waals surface area contributed by atoms with Crippen molar-refractivity contribution in [2.24, 2.45) is 0 Å². The van der Waals surface area contributed by atoms with Gasteiger partial charge in [0.1, 0.15) is 6.04 Å². The first kappa shape index (κ1) is 22.1. The van der Waals surface area contributed by atoms with E-state index in [1.165, 1.54) is 11.1 Å². The second-order valence-electron chi connectivity index (χ2n) is 8.68. The van der Waals surface area contributed by atoms with Gasteiger partial charge in [0.2, 0.25) is 11.8 Å². The number of nitrogens with one attached hydrogen (secondary N) is 1. The lowest BCUT2D eigenvalue weighted by Gasteiger charge is -2.29. The second kappa shape index (κ2) is 9.67. The summed E-state index contributed by atoms with van der Waals surface area (Å²) in [5.41, 5.74) is 4.16. The van der Waals surface area contributed by atoms with E-state index in [1.54, 1.807) is 16.7 Å². The molecule has 3 amide bonds. The molecule has 3 heterocycles. The van der Waals surface area contributed by atoms with Crippen molar-refractivity contribution >= 4 is 29.5 Å². The third-order valence-electron chi connectivity index (χ3n) is 6.47. The molecule has 2 saturated heterocycles. The van der Waals surface area contributed by atoms with Crippen molar-refractivity contribution in [1.82, 2.24) is 15.1 Å². The van der Waals surface area contributed by atoms with Crippen molar-refractivity contribution in [3.05, 3.63) is 64.7 Å². The summed E-state index contributed by atoms with van der Waals surface area (Å²) in [6, 6.07) is 13.9. The second-order valence-corrected chi connectivity index (χ2v) is 9.69. The first-order chi connectivity index (χ1) is 16.1. The molecule has 1 N–H and O–H groups in total. The Kier molecular flexibility index (Phi) is 6.48. The van der Waals surface area contributed by atoms with Crippen LogP contribution in [-0.4, -0.2) is 59.9 Å². The molecule has 7 nitrogen and oxygen atoms in total. The van der Waals surface area contributed by atoms with Gasteiger partial charge in [0.15, 0.2) is 0 Å². The zero-order chi connectivity index (χ0) is 22.8. The number of hydrogen-bond donors (Lipinski definition) is 1. The molecule has 0 radical (unpaired) electrons. The van der Waals surface area contributed by atoms with Gasteiger partial charge in [0, 0.05) is 48.8 Å². The average Bonchev–Trinajstić information content (AvgIpc) is 3.16. The van der Waals surface area contributed by atoms with Crippen molar-refractivity contribution in [2.75, 3.05) is 26.3 Å². The number of hydrogen-bond acceptors (Lipinski definition) is 6. The van der Waals surface area contributed by atoms with Crippen molar-refractivity contribution in [2.45, 2.75) is 42.6 Å². The monoisotopic (exact) mass is 465 g/mol. The standard InChI is InChI=1S/C25H27N3O4S/c29-23-9-8-21(24(30)26-23)28-15-20-19(25(28)31)2-1-3-22(20)33-16-18-6-4-17(5-7-18)14-27-10-12-32-13-11-27/h1-7,21H,8-16H2,(H,26,29,30). The molecule has 3 aliphatic rings. The Bertz CT molecular complexity index is 1070. The third-order valence-corrected chi connectivity index (χ3v) is 7.64. The molecule has 0 aromatic heterocycles. The fourth-order valence-corrected chi connectivity index (χ4v) is 5.65. The van der Waals surface area contributed by atoms with Crippen LogP contribution < -0.4 is 5.32 Å². The number of carbonyl (C=O) groups excluding carboxylic acids is 3. The number of carbonyl (C=O) groups is 3. The lowest BCUT2D eigenvalue weighted by atomic mass is 10.0. The smallest absolute Gasteiger partial charge is 0.255 e. The molecule has 1 unspecified atom stereocenters. The molecule has 0 aliphatic carbocycles. The number of nitrogens with zero attached hydrogens (tertiary/aromatic N) is 2. The quantitative estimate of drug-likeness (QED) is 0.522. The van der Waals surface area contributed by atoms with E-state index >= 15 is 0 Å². The number of amides is 3. The van der Waals surface area contributed by atoms with E-state index in [4.69, 9.17) is 4.74 Å². The van der Waals surface area contributed by atoms with Gasteiger partial charge in [-0.05, 0) is 35.2 Å². The lowest BCUT2D eigenvalue weighted by molar-refractivity contribution is -0.136. The molecule has 172 valence electrons. The highest BCUT2D eigenvalue weighted by Gasteiger charge is 2.39. The predicted octanol–water partition coefficient (Wildman–Crippen LogP) is 2.57. The first-order valence-corrected chi connectivity index (χ1v) is 12.3. The van der Waals surface area contributed by atoms with Gasteiger partial charge >= 0.3 is 0 Å². The Balaban J connectivity index is 1.23. The van der Waals surface area contributed by atoms with Gasteiger partial charge < -0.3 is 9.64 Å². The summed E-state index contributed by atoms with van der Waals surface area (Å²) in [4.78, 5) is 41.8. The summed E-state index contributed by atoms with van der Waals surface area (Å²) in [5, 5.41) is 2.36. The fourth-order valence-electron chi connectivity index (χ4n) is 4.61. The van der Waals surface area contributed by atoms with Crippen LogP contribution in [0.4, 0.5) is 0 Å². The van der Waals surface area contributed by atoms with Gasteiger partial charge in [-0.1, -0.05) is 30.3 Å². The zero-order valence-corrected chi connectivity index (χ0v) is 19.2. The largest absolute Gasteiger partial charge is 0.379 e. The van der Waals surface area contributed by atoms with Crippen molar-refractivity contribution < 1.29 is 19.1 Å². The maximum atomic E-state index is 13.0. The number of rotatable bonds is 6. The van der Waals surface area contributed by atoms with Crippen LogP contribution in [0.5, 0.6) is 0 Å². The van der Waals surface area contributed by atoms with Crippen LogP contribution in [0.25, 0.3) is 0 Å². The van der Waals surface area contributed by atoms with Crippen LogP contribution in [0.1, 0.15) is 39.9 Å². The lowest BCUT2D eigenvalue weighted by Crippen LogP contribution is -2.52. The minimum atomic E-state index is -0.584. The minimum absolute atomic E-state index is 0.130. The molecule has 8 heteroatoms. The molecule has 5 rings (SSSR count). The van der Waals surface area contributed by atoms with E-state index in [9.17, 15) is 14.4 Å². The number of piperidine rings is 1. The molecule has 0 spiro atoms. The van der Waals surface area contributed by atoms with Gasteiger partial charge in [0.05, 0.1) is 13.2 Å². The SMILES string of the molecule is O=C1CCC(N2Cc3c(SCc4ccc(CN5CCOCC5)cc4)cccc3C2=O)C(=O)N1. The highest BCUT2D eigenvalue weighted by Crippen LogP contribution is 2.35. The van der Waals surface area contributed by atoms with Crippen LogP contribution in [0.2, 0.25) is 0 Å². The number of ether oxygens (including phenoxy) is 1. The minimum Gasteiger partial charge on any atom is -0.379 e. The molecular formula is C25H27N3O4S. The topological polar surface area (TPSA) is 79.0 Å². The average molecular weight is 466 g/mol. The predicted molar refractivity (Wildman–Crippen MR) is 125 cm³/mol. The van der Waals surface area contributed by atoms with Crippen LogP contribution >= 0.6 is 11.8 Å². The molecule has 0 bridgehead atoms. The van der Waals surface area contributed by atoms with Crippen molar-refractivity contribution in [1.29, 1.82) is 0 Å². The van der Waals surface area contributed by atoms with E-state index in [1.807, 2.05) is 18.2 Å². The Hall–Kier alpha value is -2.68. The highest BCUT2D eigenvalue weighted by molar-refractivity contribution is 7.98. The van der Waals surface area contributed by atoms with Gasteiger partial charge in [0.25, 0.3) is 5.91 Å². The third kappa shape index (κ3) is 4.83. The Morgan fingerprint density at radius 1 is 1.00 bits per heavy atom. The van der Waals surface area contributed by atoms with E-state index in [0.717, 1.165) is 49.1 Å². The van der Waals surface area contributed by atoms with E-state index < -0.39 is 6.04 Å². The molecule has 2 aromatic carbocycles. The van der Waals surface area contributed by atoms with Crippen molar-refractivity contribution in [3.63, 3.8) is 0 Å². The Labute approximate surface area is 197 Å². The number of thioether (sulfide) groups is 1.